The summed E-state index contributed by atoms with van der Waals surface area (Å²) in [5.74, 6) is 7.12. The minimum absolute atomic E-state index is 0.101. The molecule has 2 aliphatic rings. The highest BCUT2D eigenvalue weighted by Crippen LogP contribution is 2.57. The molecule has 5 rings (SSSR count). The molecule has 1 aliphatic heterocycles. The van der Waals surface area contributed by atoms with E-state index in [0.29, 0.717) is 6.54 Å². The Morgan fingerprint density at radius 2 is 2.04 bits per heavy atom. The van der Waals surface area contributed by atoms with Crippen molar-refractivity contribution in [1.82, 2.24) is 14.6 Å². The van der Waals surface area contributed by atoms with Crippen molar-refractivity contribution in [2.75, 3.05) is 10.7 Å². The molecule has 0 unspecified atom stereocenters. The summed E-state index contributed by atoms with van der Waals surface area (Å²) in [6.07, 6.45) is 7.41. The summed E-state index contributed by atoms with van der Waals surface area (Å²) in [4.78, 5) is 11.3. The number of anilines is 1. The third-order valence-electron chi connectivity index (χ3n) is 5.66. The van der Waals surface area contributed by atoms with Crippen LogP contribution < -0.4 is 10.7 Å². The van der Waals surface area contributed by atoms with E-state index in [0.717, 1.165) is 28.2 Å². The molecule has 1 spiro atoms. The fourth-order valence-corrected chi connectivity index (χ4v) is 4.18. The van der Waals surface area contributed by atoms with Crippen LogP contribution in [0.1, 0.15) is 30.7 Å². The monoisotopic (exact) mass is 317 g/mol. The van der Waals surface area contributed by atoms with Crippen molar-refractivity contribution in [2.45, 2.75) is 31.2 Å². The highest BCUT2D eigenvalue weighted by atomic mass is 15.3. The minimum atomic E-state index is 0.101. The summed E-state index contributed by atoms with van der Waals surface area (Å²) in [7, 11) is 0. The van der Waals surface area contributed by atoms with Crippen LogP contribution in [0.2, 0.25) is 0 Å². The van der Waals surface area contributed by atoms with E-state index in [9.17, 15) is 0 Å². The third-order valence-corrected chi connectivity index (χ3v) is 5.66. The molecule has 2 N–H and O–H groups in total. The summed E-state index contributed by atoms with van der Waals surface area (Å²) in [6.45, 7) is 5.04. The number of rotatable bonds is 2. The first-order chi connectivity index (χ1) is 11.7. The van der Waals surface area contributed by atoms with E-state index in [1.54, 1.807) is 4.68 Å². The largest absolute Gasteiger partial charge is 0.337 e. The summed E-state index contributed by atoms with van der Waals surface area (Å²) < 4.78 is 1.68. The number of aromatic nitrogens is 3. The highest BCUT2D eigenvalue weighted by molar-refractivity contribution is 5.76. The standard InChI is InChI=1S/C19H19N5/c1-13-19(8-4-9-19)14-7-10-21-11-17(14)23(13)12-18-22-15-5-2-3-6-16(15)24(18)20/h2-3,5-7,10-11H,1,4,8-9,12,20H2. The van der Waals surface area contributed by atoms with Crippen LogP contribution in [0.5, 0.6) is 0 Å². The quantitative estimate of drug-likeness (QED) is 0.738. The lowest BCUT2D eigenvalue weighted by Gasteiger charge is -2.40. The lowest BCUT2D eigenvalue weighted by atomic mass is 9.64. The van der Waals surface area contributed by atoms with Crippen LogP contribution in [0.25, 0.3) is 11.0 Å². The zero-order valence-electron chi connectivity index (χ0n) is 13.4. The van der Waals surface area contributed by atoms with Gasteiger partial charge < -0.3 is 10.7 Å². The molecular formula is C19H19N5. The van der Waals surface area contributed by atoms with Gasteiger partial charge in [-0.05, 0) is 36.6 Å². The molecule has 0 saturated heterocycles. The Morgan fingerprint density at radius 3 is 2.79 bits per heavy atom. The molecule has 5 nitrogen and oxygen atoms in total. The molecule has 0 atom stereocenters. The number of hydrogen-bond donors (Lipinski definition) is 1. The predicted octanol–water partition coefficient (Wildman–Crippen LogP) is 3.10. The number of nitrogen functional groups attached to an aromatic ring is 1. The smallest absolute Gasteiger partial charge is 0.148 e. The van der Waals surface area contributed by atoms with E-state index >= 15 is 0 Å². The molecule has 5 heteroatoms. The van der Waals surface area contributed by atoms with Crippen LogP contribution in [-0.4, -0.2) is 14.6 Å². The number of imidazole rings is 1. The Morgan fingerprint density at radius 1 is 1.21 bits per heavy atom. The molecule has 2 aromatic heterocycles. The van der Waals surface area contributed by atoms with Gasteiger partial charge in [-0.1, -0.05) is 25.1 Å². The topological polar surface area (TPSA) is 60.0 Å². The Labute approximate surface area is 140 Å². The molecule has 1 aromatic carbocycles. The van der Waals surface area contributed by atoms with Crippen LogP contribution in [0.15, 0.2) is 55.0 Å². The zero-order chi connectivity index (χ0) is 16.3. The molecule has 0 amide bonds. The zero-order valence-corrected chi connectivity index (χ0v) is 13.4. The van der Waals surface area contributed by atoms with Crippen LogP contribution >= 0.6 is 0 Å². The second-order valence-corrected chi connectivity index (χ2v) is 6.75. The van der Waals surface area contributed by atoms with Gasteiger partial charge in [0.05, 0.1) is 29.5 Å². The van der Waals surface area contributed by atoms with Crippen molar-refractivity contribution in [3.63, 3.8) is 0 Å². The second-order valence-electron chi connectivity index (χ2n) is 6.75. The number of para-hydroxylation sites is 2. The summed E-state index contributed by atoms with van der Waals surface area (Å²) >= 11 is 0. The Balaban J connectivity index is 1.59. The number of fused-ring (bicyclic) bond motifs is 3. The van der Waals surface area contributed by atoms with Gasteiger partial charge in [-0.25, -0.2) is 9.66 Å². The average Bonchev–Trinajstić information content (AvgIpc) is 3.01. The fraction of sp³-hybridized carbons (Fsp3) is 0.263. The van der Waals surface area contributed by atoms with Gasteiger partial charge in [-0.15, -0.1) is 0 Å². The van der Waals surface area contributed by atoms with Crippen LogP contribution in [0.4, 0.5) is 5.69 Å². The van der Waals surface area contributed by atoms with Gasteiger partial charge in [0.2, 0.25) is 0 Å². The van der Waals surface area contributed by atoms with E-state index in [-0.39, 0.29) is 5.41 Å². The average molecular weight is 317 g/mol. The van der Waals surface area contributed by atoms with E-state index in [4.69, 9.17) is 10.8 Å². The number of nitrogens with two attached hydrogens (primary N) is 1. The van der Waals surface area contributed by atoms with Gasteiger partial charge >= 0.3 is 0 Å². The molecule has 0 radical (unpaired) electrons. The van der Waals surface area contributed by atoms with E-state index < -0.39 is 0 Å². The highest BCUT2D eigenvalue weighted by Gasteiger charge is 2.50. The minimum Gasteiger partial charge on any atom is -0.337 e. The van der Waals surface area contributed by atoms with E-state index in [2.05, 4.69) is 22.5 Å². The Hall–Kier alpha value is -2.82. The van der Waals surface area contributed by atoms with Crippen molar-refractivity contribution < 1.29 is 0 Å². The fourth-order valence-electron chi connectivity index (χ4n) is 4.18. The molecular weight excluding hydrogens is 298 g/mol. The van der Waals surface area contributed by atoms with Crippen molar-refractivity contribution in [1.29, 1.82) is 0 Å². The summed E-state index contributed by atoms with van der Waals surface area (Å²) in [5.41, 5.74) is 5.63. The maximum absolute atomic E-state index is 6.28. The lowest BCUT2D eigenvalue weighted by Crippen LogP contribution is -2.37. The van der Waals surface area contributed by atoms with Crippen LogP contribution in [0.3, 0.4) is 0 Å². The van der Waals surface area contributed by atoms with Crippen molar-refractivity contribution in [2.24, 2.45) is 0 Å². The van der Waals surface area contributed by atoms with E-state index in [1.807, 2.05) is 36.7 Å². The van der Waals surface area contributed by atoms with Gasteiger partial charge in [-0.3, -0.25) is 4.98 Å². The van der Waals surface area contributed by atoms with Gasteiger partial charge in [0.25, 0.3) is 0 Å². The maximum atomic E-state index is 6.28. The molecule has 1 aliphatic carbocycles. The van der Waals surface area contributed by atoms with Crippen molar-refractivity contribution >= 4 is 16.7 Å². The van der Waals surface area contributed by atoms with Gasteiger partial charge in [0.15, 0.2) is 0 Å². The number of allylic oxidation sites excluding steroid dienone is 1. The number of benzene rings is 1. The molecule has 24 heavy (non-hydrogen) atoms. The molecule has 1 fully saturated rings. The number of pyridine rings is 1. The number of nitrogens with zero attached hydrogens (tertiary/aromatic N) is 4. The number of hydrogen-bond acceptors (Lipinski definition) is 4. The van der Waals surface area contributed by atoms with Crippen LogP contribution in [0, 0.1) is 0 Å². The maximum Gasteiger partial charge on any atom is 0.148 e. The lowest BCUT2D eigenvalue weighted by molar-refractivity contribution is 0.301. The van der Waals surface area contributed by atoms with Gasteiger partial charge in [0.1, 0.15) is 5.82 Å². The van der Waals surface area contributed by atoms with Crippen LogP contribution in [-0.2, 0) is 12.0 Å². The van der Waals surface area contributed by atoms with Crippen molar-refractivity contribution in [3.8, 4) is 0 Å². The molecule has 3 heterocycles. The first-order valence-electron chi connectivity index (χ1n) is 8.33. The Kier molecular flexibility index (Phi) is 2.61. The molecule has 120 valence electrons. The normalized spacial score (nSPS) is 18.2. The SMILES string of the molecule is C=C1N(Cc2nc3ccccc3n2N)c2cnccc2C12CCC2. The second kappa shape index (κ2) is 4.60. The first kappa shape index (κ1) is 13.6. The first-order valence-corrected chi connectivity index (χ1v) is 8.33. The predicted molar refractivity (Wildman–Crippen MR) is 95.0 cm³/mol. The molecule has 1 saturated carbocycles. The summed E-state index contributed by atoms with van der Waals surface area (Å²) in [6, 6.07) is 10.1. The third kappa shape index (κ3) is 1.59. The van der Waals surface area contributed by atoms with Gasteiger partial charge in [-0.2, -0.15) is 0 Å². The molecule has 0 bridgehead atoms. The Bertz CT molecular complexity index is 967. The summed E-state index contributed by atoms with van der Waals surface area (Å²) in [5, 5.41) is 0. The van der Waals surface area contributed by atoms with Crippen molar-refractivity contribution in [3.05, 3.63) is 66.4 Å². The molecule has 3 aromatic rings. The van der Waals surface area contributed by atoms with Gasteiger partial charge in [0, 0.05) is 17.3 Å². The van der Waals surface area contributed by atoms with E-state index in [1.165, 1.54) is 24.8 Å².